The van der Waals surface area contributed by atoms with Crippen LogP contribution in [-0.4, -0.2) is 15.0 Å². The Bertz CT molecular complexity index is 541. The molecule has 0 saturated carbocycles. The van der Waals surface area contributed by atoms with Crippen LogP contribution in [0.5, 0.6) is 0 Å². The normalized spacial score (nSPS) is 13.8. The highest BCUT2D eigenvalue weighted by Crippen LogP contribution is 2.23. The first-order valence-electron chi connectivity index (χ1n) is 5.01. The van der Waals surface area contributed by atoms with E-state index in [1.165, 1.54) is 0 Å². The first-order valence-corrected chi connectivity index (χ1v) is 5.39. The van der Waals surface area contributed by atoms with Gasteiger partial charge in [-0.3, -0.25) is 4.98 Å². The second-order valence-corrected chi connectivity index (χ2v) is 4.01. The van der Waals surface area contributed by atoms with Gasteiger partial charge in [0.25, 0.3) is 0 Å². The number of hydrogen-bond donors (Lipinski definition) is 1. The fourth-order valence-electron chi connectivity index (χ4n) is 1.72. The van der Waals surface area contributed by atoms with Gasteiger partial charge in [-0.2, -0.15) is 0 Å². The highest BCUT2D eigenvalue weighted by Gasteiger charge is 2.15. The number of nitrogens with zero attached hydrogens (tertiary/aromatic N) is 3. The summed E-state index contributed by atoms with van der Waals surface area (Å²) in [6.07, 6.45) is 3.53. The molecule has 0 spiro atoms. The third-order valence-corrected chi connectivity index (χ3v) is 2.84. The number of rotatable bonds is 1. The minimum atomic E-state index is 0.577. The molecule has 0 aromatic carbocycles. The molecule has 1 N–H and O–H groups in total. The third-order valence-electron chi connectivity index (χ3n) is 2.53. The summed E-state index contributed by atoms with van der Waals surface area (Å²) in [5.74, 6) is 0.591. The standard InChI is InChI=1S/C11H9ClN4/c12-8-2-1-3-14-10(8)11-15-5-7-4-13-6-9(7)16-11/h1-3,5,13H,4,6H2. The van der Waals surface area contributed by atoms with Crippen LogP contribution in [0.3, 0.4) is 0 Å². The average molecular weight is 233 g/mol. The molecule has 2 aromatic rings. The van der Waals surface area contributed by atoms with E-state index in [1.807, 2.05) is 6.20 Å². The average Bonchev–Trinajstić information content (AvgIpc) is 2.76. The van der Waals surface area contributed by atoms with Crippen molar-refractivity contribution >= 4 is 11.6 Å². The fourth-order valence-corrected chi connectivity index (χ4v) is 1.93. The Hall–Kier alpha value is -1.52. The van der Waals surface area contributed by atoms with Gasteiger partial charge in [0.15, 0.2) is 5.82 Å². The van der Waals surface area contributed by atoms with E-state index in [0.29, 0.717) is 16.5 Å². The molecule has 0 radical (unpaired) electrons. The van der Waals surface area contributed by atoms with Crippen molar-refractivity contribution in [2.24, 2.45) is 0 Å². The van der Waals surface area contributed by atoms with Crippen LogP contribution in [-0.2, 0) is 13.1 Å². The van der Waals surface area contributed by atoms with Crippen molar-refractivity contribution in [1.82, 2.24) is 20.3 Å². The van der Waals surface area contributed by atoms with Gasteiger partial charge in [0, 0.05) is 31.0 Å². The lowest BCUT2D eigenvalue weighted by atomic mass is 10.2. The number of fused-ring (bicyclic) bond motifs is 1. The monoisotopic (exact) mass is 232 g/mol. The number of pyridine rings is 1. The van der Waals surface area contributed by atoms with Gasteiger partial charge in [0.2, 0.25) is 0 Å². The molecule has 0 bridgehead atoms. The minimum Gasteiger partial charge on any atom is -0.307 e. The second-order valence-electron chi connectivity index (χ2n) is 3.60. The van der Waals surface area contributed by atoms with Crippen LogP contribution in [0.2, 0.25) is 5.02 Å². The van der Waals surface area contributed by atoms with E-state index in [-0.39, 0.29) is 0 Å². The zero-order valence-electron chi connectivity index (χ0n) is 8.44. The van der Waals surface area contributed by atoms with Gasteiger partial charge in [-0.15, -0.1) is 0 Å². The van der Waals surface area contributed by atoms with Gasteiger partial charge in [0.1, 0.15) is 5.69 Å². The maximum Gasteiger partial charge on any atom is 0.179 e. The molecule has 16 heavy (non-hydrogen) atoms. The number of aromatic nitrogens is 3. The molecule has 3 heterocycles. The smallest absolute Gasteiger partial charge is 0.179 e. The fraction of sp³-hybridized carbons (Fsp3) is 0.182. The molecule has 0 amide bonds. The molecule has 4 nitrogen and oxygen atoms in total. The molecular weight excluding hydrogens is 224 g/mol. The van der Waals surface area contributed by atoms with Crippen LogP contribution in [0, 0.1) is 0 Å². The predicted molar refractivity (Wildman–Crippen MR) is 60.8 cm³/mol. The van der Waals surface area contributed by atoms with Crippen LogP contribution in [0.4, 0.5) is 0 Å². The molecule has 0 fully saturated rings. The third kappa shape index (κ3) is 1.56. The van der Waals surface area contributed by atoms with Crippen LogP contribution in [0.15, 0.2) is 24.5 Å². The van der Waals surface area contributed by atoms with Crippen LogP contribution >= 0.6 is 11.6 Å². The second kappa shape index (κ2) is 3.81. The molecule has 1 aliphatic heterocycles. The maximum atomic E-state index is 6.05. The largest absolute Gasteiger partial charge is 0.307 e. The summed E-state index contributed by atoms with van der Waals surface area (Å²) < 4.78 is 0. The molecule has 3 rings (SSSR count). The summed E-state index contributed by atoms with van der Waals surface area (Å²) in [4.78, 5) is 12.9. The van der Waals surface area contributed by atoms with Crippen molar-refractivity contribution in [2.45, 2.75) is 13.1 Å². The predicted octanol–water partition coefficient (Wildman–Crippen LogP) is 1.80. The Morgan fingerprint density at radius 1 is 1.25 bits per heavy atom. The Balaban J connectivity index is 2.11. The van der Waals surface area contributed by atoms with Crippen LogP contribution < -0.4 is 5.32 Å². The van der Waals surface area contributed by atoms with E-state index in [4.69, 9.17) is 11.6 Å². The first kappa shape index (κ1) is 9.69. The molecule has 0 aliphatic carbocycles. The van der Waals surface area contributed by atoms with Gasteiger partial charge in [-0.05, 0) is 12.1 Å². The summed E-state index contributed by atoms with van der Waals surface area (Å²) in [6, 6.07) is 3.58. The number of hydrogen-bond acceptors (Lipinski definition) is 4. The molecule has 2 aromatic heterocycles. The molecule has 0 saturated heterocycles. The van der Waals surface area contributed by atoms with Gasteiger partial charge in [-0.25, -0.2) is 9.97 Å². The topological polar surface area (TPSA) is 50.7 Å². The van der Waals surface area contributed by atoms with E-state index < -0.39 is 0 Å². The SMILES string of the molecule is Clc1cccnc1-c1ncc2c(n1)CNC2. The van der Waals surface area contributed by atoms with Crippen molar-refractivity contribution in [3.63, 3.8) is 0 Å². The van der Waals surface area contributed by atoms with Crippen molar-refractivity contribution < 1.29 is 0 Å². The Labute approximate surface area is 97.7 Å². The Morgan fingerprint density at radius 3 is 3.06 bits per heavy atom. The van der Waals surface area contributed by atoms with Gasteiger partial charge >= 0.3 is 0 Å². The van der Waals surface area contributed by atoms with E-state index in [9.17, 15) is 0 Å². The van der Waals surface area contributed by atoms with Gasteiger partial charge < -0.3 is 5.32 Å². The summed E-state index contributed by atoms with van der Waals surface area (Å²) in [5.41, 5.74) is 2.82. The Morgan fingerprint density at radius 2 is 2.19 bits per heavy atom. The summed E-state index contributed by atoms with van der Waals surface area (Å²) in [6.45, 7) is 1.63. The van der Waals surface area contributed by atoms with Gasteiger partial charge in [-0.1, -0.05) is 11.6 Å². The van der Waals surface area contributed by atoms with E-state index >= 15 is 0 Å². The van der Waals surface area contributed by atoms with Crippen molar-refractivity contribution in [3.8, 4) is 11.5 Å². The number of halogens is 1. The lowest BCUT2D eigenvalue weighted by Crippen LogP contribution is -2.00. The zero-order chi connectivity index (χ0) is 11.0. The lowest BCUT2D eigenvalue weighted by Gasteiger charge is -2.03. The zero-order valence-corrected chi connectivity index (χ0v) is 9.20. The first-order chi connectivity index (χ1) is 7.84. The van der Waals surface area contributed by atoms with Crippen molar-refractivity contribution in [3.05, 3.63) is 40.8 Å². The lowest BCUT2D eigenvalue weighted by molar-refractivity contribution is 0.758. The van der Waals surface area contributed by atoms with E-state index in [1.54, 1.807) is 18.3 Å². The van der Waals surface area contributed by atoms with Crippen molar-refractivity contribution in [2.75, 3.05) is 0 Å². The number of nitrogens with one attached hydrogen (secondary N) is 1. The molecule has 1 aliphatic rings. The maximum absolute atomic E-state index is 6.05. The highest BCUT2D eigenvalue weighted by atomic mass is 35.5. The molecule has 5 heteroatoms. The molecule has 80 valence electrons. The highest BCUT2D eigenvalue weighted by molar-refractivity contribution is 6.32. The summed E-state index contributed by atoms with van der Waals surface area (Å²) in [5, 5.41) is 3.80. The Kier molecular flexibility index (Phi) is 2.31. The van der Waals surface area contributed by atoms with Crippen LogP contribution in [0.25, 0.3) is 11.5 Å². The quantitative estimate of drug-likeness (QED) is 0.815. The van der Waals surface area contributed by atoms with E-state index in [0.717, 1.165) is 24.3 Å². The van der Waals surface area contributed by atoms with Crippen molar-refractivity contribution in [1.29, 1.82) is 0 Å². The molecule has 0 atom stereocenters. The minimum absolute atomic E-state index is 0.577. The van der Waals surface area contributed by atoms with Crippen LogP contribution in [0.1, 0.15) is 11.3 Å². The van der Waals surface area contributed by atoms with Gasteiger partial charge in [0.05, 0.1) is 10.7 Å². The molecule has 0 unspecified atom stereocenters. The summed E-state index contributed by atoms with van der Waals surface area (Å²) in [7, 11) is 0. The summed E-state index contributed by atoms with van der Waals surface area (Å²) >= 11 is 6.05. The molecular formula is C11H9ClN4. The van der Waals surface area contributed by atoms with E-state index in [2.05, 4.69) is 20.3 Å².